The van der Waals surface area contributed by atoms with Crippen molar-refractivity contribution in [3.8, 4) is 40.2 Å². The Labute approximate surface area is 537 Å². The summed E-state index contributed by atoms with van der Waals surface area (Å²) in [5.41, 5.74) is 19.8. The third-order valence-electron chi connectivity index (χ3n) is 18.5. The van der Waals surface area contributed by atoms with E-state index < -0.39 is 5.92 Å². The maximum Gasteiger partial charge on any atom is 0.126 e. The van der Waals surface area contributed by atoms with Gasteiger partial charge in [-0.05, 0) is 139 Å². The van der Waals surface area contributed by atoms with E-state index in [1.807, 2.05) is 34.5 Å². The molecule has 1 aliphatic carbocycles. The molecule has 7 aromatic rings. The van der Waals surface area contributed by atoms with E-state index in [4.69, 9.17) is 28.4 Å². The molecule has 0 unspecified atom stereocenters. The molecule has 0 aliphatic heterocycles. The molecule has 478 valence electrons. The van der Waals surface area contributed by atoms with E-state index in [-0.39, 0.29) is 43.7 Å². The zero-order valence-corrected chi connectivity index (χ0v) is 59.7. The highest BCUT2D eigenvalue weighted by molar-refractivity contribution is 5.66. The molecule has 1 aliphatic rings. The summed E-state index contributed by atoms with van der Waals surface area (Å²) in [6.45, 7) is 47.9. The zero-order valence-electron chi connectivity index (χ0n) is 59.7. The molecule has 0 fully saturated rings. The van der Waals surface area contributed by atoms with Crippen molar-refractivity contribution in [1.29, 1.82) is 0 Å². The first-order valence-electron chi connectivity index (χ1n) is 32.2. The van der Waals surface area contributed by atoms with Crippen LogP contribution < -0.4 is 28.4 Å². The van der Waals surface area contributed by atoms with E-state index in [1.54, 1.807) is 14.2 Å². The Balaban J connectivity index is 1.62. The van der Waals surface area contributed by atoms with Crippen molar-refractivity contribution >= 4 is 0 Å². The van der Waals surface area contributed by atoms with Crippen molar-refractivity contribution in [2.75, 3.05) is 42.7 Å². The quantitative estimate of drug-likeness (QED) is 0.170. The topological polar surface area (TPSA) is 75.6 Å². The standard InChI is InChI=1S/C82H108O7/c1-76(2,3)58-28-29-68(83)65(45-58)69-66-46-63(81(16,17)18)43-56(74(66)88-26)33-54-41-61(79(10,11)12)39-52(72(54)86-24)31-50-37-59(77(4,5)6)35-48(70(50)84-22)30-49-36-60(78(7,8)9)38-51(71(49)85-23)32-53-40-62(80(13,14)15)42-55(73(53)87-25)34-57-44-64(82(19,20)21)47-67(69)75(57)89-27/h28-29,35-47,69,83H,30-34H2,1-27H3. The van der Waals surface area contributed by atoms with Crippen molar-refractivity contribution < 1.29 is 33.5 Å². The maximum absolute atomic E-state index is 12.7. The smallest absolute Gasteiger partial charge is 0.126 e. The molecule has 0 saturated carbocycles. The number of benzene rings is 7. The van der Waals surface area contributed by atoms with E-state index in [0.717, 1.165) is 124 Å². The predicted octanol–water partition coefficient (Wildman–Crippen LogP) is 20.0. The molecule has 7 nitrogen and oxygen atoms in total. The van der Waals surface area contributed by atoms with Crippen LogP contribution in [-0.2, 0) is 70.0 Å². The Bertz CT molecular complexity index is 3550. The van der Waals surface area contributed by atoms with Crippen molar-refractivity contribution in [2.45, 2.75) is 221 Å². The second-order valence-electron chi connectivity index (χ2n) is 32.7. The fourth-order valence-corrected chi connectivity index (χ4v) is 13.1. The van der Waals surface area contributed by atoms with Crippen LogP contribution in [-0.4, -0.2) is 47.8 Å². The van der Waals surface area contributed by atoms with E-state index in [1.165, 1.54) is 22.3 Å². The molecular weight excluding hydrogens is 1100 g/mol. The zero-order chi connectivity index (χ0) is 66.1. The monoisotopic (exact) mass is 1200 g/mol. The number of fused-ring (bicyclic) bond motifs is 12. The minimum Gasteiger partial charge on any atom is -0.508 e. The first-order valence-corrected chi connectivity index (χ1v) is 32.2. The fraction of sp³-hybridized carbons (Fsp3) is 0.488. The number of methoxy groups -OCH3 is 6. The van der Waals surface area contributed by atoms with Crippen molar-refractivity contribution in [3.05, 3.63) is 202 Å². The highest BCUT2D eigenvalue weighted by atomic mass is 16.5. The van der Waals surface area contributed by atoms with Gasteiger partial charge in [-0.3, -0.25) is 0 Å². The normalized spacial score (nSPS) is 14.0. The SMILES string of the molecule is COc1c2cc(C(C)(C)C)cc1Cc1cc(C(C)(C)C)cc(c1OC)Cc1cc(C(C)(C)C)cc(c1OC)C(c1cc(C(C)(C)C)ccc1O)c1cc(C(C)(C)C)cc(c1OC)Cc1cc(C(C)(C)C)cc(c1OC)Cc1cc(C(C)(C)C)cc(c1OC)C2. The number of hydrogen-bond acceptors (Lipinski definition) is 7. The van der Waals surface area contributed by atoms with Gasteiger partial charge in [-0.2, -0.15) is 0 Å². The average Bonchev–Trinajstić information content (AvgIpc) is 0.929. The van der Waals surface area contributed by atoms with E-state index in [0.29, 0.717) is 32.1 Å². The molecule has 0 aromatic heterocycles. The summed E-state index contributed by atoms with van der Waals surface area (Å²) >= 11 is 0. The number of phenols is 1. The van der Waals surface area contributed by atoms with Gasteiger partial charge >= 0.3 is 0 Å². The van der Waals surface area contributed by atoms with Crippen molar-refractivity contribution in [3.63, 3.8) is 0 Å². The van der Waals surface area contributed by atoms with E-state index in [9.17, 15) is 5.11 Å². The molecule has 8 rings (SSSR count). The molecule has 0 spiro atoms. The Morgan fingerprint density at radius 1 is 0.247 bits per heavy atom. The lowest BCUT2D eigenvalue weighted by atomic mass is 9.74. The first kappa shape index (κ1) is 68.1. The third kappa shape index (κ3) is 14.4. The molecule has 0 heterocycles. The first-order chi connectivity index (χ1) is 41.1. The minimum absolute atomic E-state index is 0.191. The highest BCUT2D eigenvalue weighted by Gasteiger charge is 2.36. The summed E-state index contributed by atoms with van der Waals surface area (Å²) in [6, 6.07) is 34.3. The average molecular weight is 1210 g/mol. The Hall–Kier alpha value is -6.86. The van der Waals surface area contributed by atoms with Gasteiger partial charge in [-0.1, -0.05) is 230 Å². The largest absolute Gasteiger partial charge is 0.508 e. The maximum atomic E-state index is 12.7. The number of phenolic OH excluding ortho intramolecular Hbond substituents is 1. The number of rotatable bonds is 7. The fourth-order valence-electron chi connectivity index (χ4n) is 13.1. The molecule has 0 saturated heterocycles. The van der Waals surface area contributed by atoms with Crippen LogP contribution in [0.5, 0.6) is 40.2 Å². The van der Waals surface area contributed by atoms with Gasteiger partial charge in [0.1, 0.15) is 40.2 Å². The lowest BCUT2D eigenvalue weighted by Gasteiger charge is -2.32. The van der Waals surface area contributed by atoms with E-state index in [2.05, 4.69) is 230 Å². The van der Waals surface area contributed by atoms with Gasteiger partial charge in [0.15, 0.2) is 0 Å². The molecule has 89 heavy (non-hydrogen) atoms. The lowest BCUT2D eigenvalue weighted by Crippen LogP contribution is -2.19. The molecule has 0 atom stereocenters. The van der Waals surface area contributed by atoms with Gasteiger partial charge in [0.2, 0.25) is 0 Å². The number of hydrogen-bond donors (Lipinski definition) is 1. The van der Waals surface area contributed by atoms with Crippen LogP contribution in [0.2, 0.25) is 0 Å². The van der Waals surface area contributed by atoms with Gasteiger partial charge in [-0.15, -0.1) is 0 Å². The van der Waals surface area contributed by atoms with E-state index >= 15 is 0 Å². The molecule has 0 radical (unpaired) electrons. The summed E-state index contributed by atoms with van der Waals surface area (Å²) in [7, 11) is 10.8. The summed E-state index contributed by atoms with van der Waals surface area (Å²) in [4.78, 5) is 0. The van der Waals surface area contributed by atoms with Crippen LogP contribution in [0.25, 0.3) is 0 Å². The second kappa shape index (κ2) is 24.7. The number of aromatic hydroxyl groups is 1. The van der Waals surface area contributed by atoms with Gasteiger partial charge < -0.3 is 33.5 Å². The Morgan fingerprint density at radius 2 is 0.427 bits per heavy atom. The highest BCUT2D eigenvalue weighted by Crippen LogP contribution is 2.52. The third-order valence-corrected chi connectivity index (χ3v) is 18.5. The Morgan fingerprint density at radius 3 is 0.618 bits per heavy atom. The number of ether oxygens (including phenoxy) is 6. The molecule has 0 amide bonds. The second-order valence-corrected chi connectivity index (χ2v) is 32.7. The van der Waals surface area contributed by atoms with Crippen LogP contribution in [0, 0.1) is 0 Å². The van der Waals surface area contributed by atoms with Crippen LogP contribution >= 0.6 is 0 Å². The van der Waals surface area contributed by atoms with Gasteiger partial charge in [0, 0.05) is 54.7 Å². The minimum atomic E-state index is -0.583. The van der Waals surface area contributed by atoms with Crippen molar-refractivity contribution in [1.82, 2.24) is 0 Å². The summed E-state index contributed by atoms with van der Waals surface area (Å²) in [5.74, 6) is 4.47. The molecular formula is C82H108O7. The molecule has 12 bridgehead atoms. The molecule has 7 aromatic carbocycles. The summed E-state index contributed by atoms with van der Waals surface area (Å²) in [5, 5.41) is 12.7. The summed E-state index contributed by atoms with van der Waals surface area (Å²) in [6.07, 6.45) is 2.67. The van der Waals surface area contributed by atoms with Crippen LogP contribution in [0.1, 0.15) is 263 Å². The van der Waals surface area contributed by atoms with Gasteiger partial charge in [0.05, 0.1) is 42.7 Å². The van der Waals surface area contributed by atoms with Gasteiger partial charge in [-0.25, -0.2) is 0 Å². The van der Waals surface area contributed by atoms with Crippen LogP contribution in [0.15, 0.2) is 91.0 Å². The molecule has 1 N–H and O–H groups in total. The van der Waals surface area contributed by atoms with Gasteiger partial charge in [0.25, 0.3) is 0 Å². The lowest BCUT2D eigenvalue weighted by molar-refractivity contribution is 0.392. The summed E-state index contributed by atoms with van der Waals surface area (Å²) < 4.78 is 40.8. The predicted molar refractivity (Wildman–Crippen MR) is 372 cm³/mol. The molecule has 7 heteroatoms. The Kier molecular flexibility index (Phi) is 18.9. The van der Waals surface area contributed by atoms with Crippen LogP contribution in [0.3, 0.4) is 0 Å². The van der Waals surface area contributed by atoms with Crippen LogP contribution in [0.4, 0.5) is 0 Å². The van der Waals surface area contributed by atoms with Crippen molar-refractivity contribution in [2.24, 2.45) is 0 Å².